The Hall–Kier alpha value is -3.08. The number of rotatable bonds is 4. The Labute approximate surface area is 133 Å². The van der Waals surface area contributed by atoms with Gasteiger partial charge in [-0.05, 0) is 11.6 Å². The third kappa shape index (κ3) is 3.23. The molecular formula is C18H15N3O2. The SMILES string of the molecule is CC(=O)NCc1ccc(-c2nc(C=O)c3ccccc3n2)cc1. The maximum Gasteiger partial charge on any atom is 0.217 e. The number of aromatic nitrogens is 2. The number of hydrogen-bond donors (Lipinski definition) is 1. The van der Waals surface area contributed by atoms with Crippen LogP contribution in [0.2, 0.25) is 0 Å². The van der Waals surface area contributed by atoms with Crippen molar-refractivity contribution in [2.24, 2.45) is 0 Å². The minimum Gasteiger partial charge on any atom is -0.352 e. The molecule has 3 rings (SSSR count). The number of hydrogen-bond acceptors (Lipinski definition) is 4. The van der Waals surface area contributed by atoms with Gasteiger partial charge in [-0.15, -0.1) is 0 Å². The van der Waals surface area contributed by atoms with E-state index in [1.807, 2.05) is 48.5 Å². The molecule has 114 valence electrons. The van der Waals surface area contributed by atoms with Gasteiger partial charge in [-0.1, -0.05) is 42.5 Å². The number of carbonyl (C=O) groups excluding carboxylic acids is 2. The monoisotopic (exact) mass is 305 g/mol. The van der Waals surface area contributed by atoms with Crippen LogP contribution in [0.3, 0.4) is 0 Å². The lowest BCUT2D eigenvalue weighted by Gasteiger charge is -2.06. The lowest BCUT2D eigenvalue weighted by Crippen LogP contribution is -2.18. The fourth-order valence-electron chi connectivity index (χ4n) is 2.32. The maximum atomic E-state index is 11.3. The molecule has 0 spiro atoms. The molecule has 23 heavy (non-hydrogen) atoms. The molecule has 5 heteroatoms. The van der Waals surface area contributed by atoms with E-state index in [2.05, 4.69) is 15.3 Å². The Morgan fingerprint density at radius 3 is 2.52 bits per heavy atom. The molecule has 2 aromatic carbocycles. The Morgan fingerprint density at radius 1 is 1.09 bits per heavy atom. The predicted octanol–water partition coefficient (Wildman–Crippen LogP) is 2.75. The van der Waals surface area contributed by atoms with E-state index >= 15 is 0 Å². The highest BCUT2D eigenvalue weighted by molar-refractivity contribution is 5.95. The number of nitrogens with zero attached hydrogens (tertiary/aromatic N) is 2. The first-order valence-electron chi connectivity index (χ1n) is 7.23. The molecule has 0 unspecified atom stereocenters. The third-order valence-corrected chi connectivity index (χ3v) is 3.50. The van der Waals surface area contributed by atoms with Crippen LogP contribution in [0.25, 0.3) is 22.3 Å². The van der Waals surface area contributed by atoms with E-state index in [0.717, 1.165) is 28.3 Å². The van der Waals surface area contributed by atoms with Crippen LogP contribution in [-0.2, 0) is 11.3 Å². The molecule has 0 aliphatic heterocycles. The summed E-state index contributed by atoms with van der Waals surface area (Å²) in [5, 5.41) is 3.49. The molecule has 0 fully saturated rings. The zero-order chi connectivity index (χ0) is 16.2. The number of carbonyl (C=O) groups is 2. The molecular weight excluding hydrogens is 290 g/mol. The Kier molecular flexibility index (Phi) is 4.10. The van der Waals surface area contributed by atoms with Gasteiger partial charge in [0.05, 0.1) is 5.52 Å². The van der Waals surface area contributed by atoms with Gasteiger partial charge in [0.2, 0.25) is 5.91 Å². The highest BCUT2D eigenvalue weighted by Crippen LogP contribution is 2.21. The molecule has 0 atom stereocenters. The Balaban J connectivity index is 1.96. The predicted molar refractivity (Wildman–Crippen MR) is 87.9 cm³/mol. The van der Waals surface area contributed by atoms with Crippen molar-refractivity contribution in [3.8, 4) is 11.4 Å². The van der Waals surface area contributed by atoms with E-state index in [4.69, 9.17) is 0 Å². The summed E-state index contributed by atoms with van der Waals surface area (Å²) < 4.78 is 0. The van der Waals surface area contributed by atoms with E-state index in [-0.39, 0.29) is 5.91 Å². The van der Waals surface area contributed by atoms with Crippen LogP contribution in [0.5, 0.6) is 0 Å². The fourth-order valence-corrected chi connectivity index (χ4v) is 2.32. The van der Waals surface area contributed by atoms with Gasteiger partial charge in [-0.25, -0.2) is 9.97 Å². The molecule has 0 saturated carbocycles. The minimum atomic E-state index is -0.0671. The van der Waals surface area contributed by atoms with Gasteiger partial charge >= 0.3 is 0 Å². The molecule has 3 aromatic rings. The van der Waals surface area contributed by atoms with Crippen molar-refractivity contribution in [2.45, 2.75) is 13.5 Å². The van der Waals surface area contributed by atoms with Gasteiger partial charge < -0.3 is 5.32 Å². The smallest absolute Gasteiger partial charge is 0.217 e. The van der Waals surface area contributed by atoms with Gasteiger partial charge in [0, 0.05) is 24.4 Å². The summed E-state index contributed by atoms with van der Waals surface area (Å²) >= 11 is 0. The van der Waals surface area contributed by atoms with E-state index in [0.29, 0.717) is 18.1 Å². The summed E-state index contributed by atoms with van der Waals surface area (Å²) in [6.07, 6.45) is 0.749. The molecule has 1 N–H and O–H groups in total. The highest BCUT2D eigenvalue weighted by Gasteiger charge is 2.08. The van der Waals surface area contributed by atoms with Crippen LogP contribution in [0, 0.1) is 0 Å². The van der Waals surface area contributed by atoms with Gasteiger partial charge in [-0.2, -0.15) is 0 Å². The molecule has 0 bridgehead atoms. The molecule has 1 amide bonds. The Bertz CT molecular complexity index is 873. The van der Waals surface area contributed by atoms with Crippen molar-refractivity contribution in [3.05, 3.63) is 59.8 Å². The highest BCUT2D eigenvalue weighted by atomic mass is 16.1. The number of para-hydroxylation sites is 1. The maximum absolute atomic E-state index is 11.3. The summed E-state index contributed by atoms with van der Waals surface area (Å²) in [6.45, 7) is 1.96. The van der Waals surface area contributed by atoms with Crippen LogP contribution in [0.4, 0.5) is 0 Å². The Morgan fingerprint density at radius 2 is 1.83 bits per heavy atom. The van der Waals surface area contributed by atoms with E-state index in [1.54, 1.807) is 0 Å². The number of fused-ring (bicyclic) bond motifs is 1. The average Bonchev–Trinajstić information content (AvgIpc) is 2.59. The van der Waals surface area contributed by atoms with Crippen LogP contribution in [0.15, 0.2) is 48.5 Å². The summed E-state index contributed by atoms with van der Waals surface area (Å²) in [6, 6.07) is 15.0. The first-order valence-corrected chi connectivity index (χ1v) is 7.23. The van der Waals surface area contributed by atoms with Crippen molar-refractivity contribution in [3.63, 3.8) is 0 Å². The lowest BCUT2D eigenvalue weighted by molar-refractivity contribution is -0.119. The largest absolute Gasteiger partial charge is 0.352 e. The number of benzene rings is 2. The molecule has 5 nitrogen and oxygen atoms in total. The fraction of sp³-hybridized carbons (Fsp3) is 0.111. The summed E-state index contributed by atoms with van der Waals surface area (Å²) in [7, 11) is 0. The molecule has 0 aliphatic rings. The van der Waals surface area contributed by atoms with Crippen molar-refractivity contribution in [1.29, 1.82) is 0 Å². The summed E-state index contributed by atoms with van der Waals surface area (Å²) in [4.78, 5) is 31.1. The first-order chi connectivity index (χ1) is 11.2. The standard InChI is InChI=1S/C18H15N3O2/c1-12(23)19-10-13-6-8-14(9-7-13)18-20-16-5-3-2-4-15(16)17(11-22)21-18/h2-9,11H,10H2,1H3,(H,19,23). The second kappa shape index (κ2) is 6.36. The zero-order valence-electron chi connectivity index (χ0n) is 12.6. The van der Waals surface area contributed by atoms with Crippen LogP contribution >= 0.6 is 0 Å². The van der Waals surface area contributed by atoms with Crippen LogP contribution in [0.1, 0.15) is 23.0 Å². The molecule has 1 aromatic heterocycles. The summed E-state index contributed by atoms with van der Waals surface area (Å²) in [5.74, 6) is 0.444. The van der Waals surface area contributed by atoms with Crippen LogP contribution < -0.4 is 5.32 Å². The van der Waals surface area contributed by atoms with Crippen molar-refractivity contribution >= 4 is 23.1 Å². The average molecular weight is 305 g/mol. The number of nitrogens with one attached hydrogen (secondary N) is 1. The quantitative estimate of drug-likeness (QED) is 0.752. The van der Waals surface area contributed by atoms with E-state index < -0.39 is 0 Å². The van der Waals surface area contributed by atoms with Crippen molar-refractivity contribution < 1.29 is 9.59 Å². The number of aldehydes is 1. The zero-order valence-corrected chi connectivity index (χ0v) is 12.6. The van der Waals surface area contributed by atoms with Crippen LogP contribution in [-0.4, -0.2) is 22.2 Å². The van der Waals surface area contributed by atoms with Gasteiger partial charge in [0.15, 0.2) is 12.1 Å². The van der Waals surface area contributed by atoms with Gasteiger partial charge in [-0.3, -0.25) is 9.59 Å². The van der Waals surface area contributed by atoms with E-state index in [1.165, 1.54) is 6.92 Å². The van der Waals surface area contributed by atoms with Gasteiger partial charge in [0.1, 0.15) is 5.69 Å². The lowest BCUT2D eigenvalue weighted by atomic mass is 10.1. The van der Waals surface area contributed by atoms with Crippen molar-refractivity contribution in [2.75, 3.05) is 0 Å². The van der Waals surface area contributed by atoms with E-state index in [9.17, 15) is 9.59 Å². The molecule has 1 heterocycles. The molecule has 0 radical (unpaired) electrons. The number of amides is 1. The first kappa shape index (κ1) is 14.8. The minimum absolute atomic E-state index is 0.0671. The summed E-state index contributed by atoms with van der Waals surface area (Å²) in [5.41, 5.74) is 2.93. The van der Waals surface area contributed by atoms with Gasteiger partial charge in [0.25, 0.3) is 0 Å². The topological polar surface area (TPSA) is 72.0 Å². The molecule has 0 saturated heterocycles. The molecule has 0 aliphatic carbocycles. The second-order valence-electron chi connectivity index (χ2n) is 5.17. The van der Waals surface area contributed by atoms with Crippen molar-refractivity contribution in [1.82, 2.24) is 15.3 Å². The second-order valence-corrected chi connectivity index (χ2v) is 5.17. The normalized spacial score (nSPS) is 10.5. The third-order valence-electron chi connectivity index (χ3n) is 3.50.